The summed E-state index contributed by atoms with van der Waals surface area (Å²) >= 11 is 3.57. The second-order valence-electron chi connectivity index (χ2n) is 4.33. The molecule has 1 aromatic heterocycles. The van der Waals surface area contributed by atoms with Crippen molar-refractivity contribution in [2.24, 2.45) is 5.92 Å². The SMILES string of the molecule is CC1CCCN(c2ncccc2Br)CC1. The molecule has 0 bridgehead atoms. The smallest absolute Gasteiger partial charge is 0.142 e. The molecule has 2 heterocycles. The molecule has 0 spiro atoms. The van der Waals surface area contributed by atoms with Crippen LogP contribution in [-0.4, -0.2) is 18.1 Å². The molecule has 1 fully saturated rings. The van der Waals surface area contributed by atoms with E-state index in [1.54, 1.807) is 0 Å². The minimum atomic E-state index is 0.859. The first-order valence-electron chi connectivity index (χ1n) is 5.63. The van der Waals surface area contributed by atoms with E-state index in [9.17, 15) is 0 Å². The molecule has 0 saturated carbocycles. The number of aromatic nitrogens is 1. The van der Waals surface area contributed by atoms with Crippen molar-refractivity contribution >= 4 is 21.7 Å². The lowest BCUT2D eigenvalue weighted by molar-refractivity contribution is 0.521. The summed E-state index contributed by atoms with van der Waals surface area (Å²) in [6, 6.07) is 4.03. The third-order valence-corrected chi connectivity index (χ3v) is 3.67. The van der Waals surface area contributed by atoms with Crippen LogP contribution in [0.2, 0.25) is 0 Å². The van der Waals surface area contributed by atoms with Gasteiger partial charge in [-0.1, -0.05) is 6.92 Å². The lowest BCUT2D eigenvalue weighted by Crippen LogP contribution is -2.25. The highest BCUT2D eigenvalue weighted by Gasteiger charge is 2.16. The predicted octanol–water partition coefficient (Wildman–Crippen LogP) is 3.47. The van der Waals surface area contributed by atoms with Gasteiger partial charge in [-0.05, 0) is 53.2 Å². The highest BCUT2D eigenvalue weighted by atomic mass is 79.9. The van der Waals surface area contributed by atoms with E-state index in [-0.39, 0.29) is 0 Å². The fraction of sp³-hybridized carbons (Fsp3) is 0.583. The maximum absolute atomic E-state index is 4.45. The average Bonchev–Trinajstić information content (AvgIpc) is 2.44. The van der Waals surface area contributed by atoms with E-state index in [1.165, 1.54) is 19.3 Å². The summed E-state index contributed by atoms with van der Waals surface area (Å²) in [6.07, 6.45) is 5.78. The summed E-state index contributed by atoms with van der Waals surface area (Å²) in [4.78, 5) is 6.84. The van der Waals surface area contributed by atoms with Crippen LogP contribution in [0.4, 0.5) is 5.82 Å². The third kappa shape index (κ3) is 2.71. The Bertz CT molecular complexity index is 327. The molecule has 82 valence electrons. The summed E-state index contributed by atoms with van der Waals surface area (Å²) < 4.78 is 1.11. The van der Waals surface area contributed by atoms with Gasteiger partial charge in [0.2, 0.25) is 0 Å². The molecule has 1 aliphatic heterocycles. The Labute approximate surface area is 99.8 Å². The zero-order valence-electron chi connectivity index (χ0n) is 9.12. The molecule has 0 radical (unpaired) electrons. The number of hydrogen-bond donors (Lipinski definition) is 0. The van der Waals surface area contributed by atoms with Crippen LogP contribution in [-0.2, 0) is 0 Å². The highest BCUT2D eigenvalue weighted by Crippen LogP contribution is 2.26. The van der Waals surface area contributed by atoms with Crippen molar-refractivity contribution in [2.45, 2.75) is 26.2 Å². The first-order chi connectivity index (χ1) is 7.27. The number of anilines is 1. The summed E-state index contributed by atoms with van der Waals surface area (Å²) in [6.45, 7) is 4.62. The van der Waals surface area contributed by atoms with Gasteiger partial charge in [-0.15, -0.1) is 0 Å². The van der Waals surface area contributed by atoms with Gasteiger partial charge in [-0.3, -0.25) is 0 Å². The molecule has 0 N–H and O–H groups in total. The van der Waals surface area contributed by atoms with E-state index in [1.807, 2.05) is 12.3 Å². The molecule has 1 aromatic rings. The van der Waals surface area contributed by atoms with Crippen LogP contribution in [0.3, 0.4) is 0 Å². The molecule has 0 aromatic carbocycles. The summed E-state index contributed by atoms with van der Waals surface area (Å²) in [5.41, 5.74) is 0. The standard InChI is InChI=1S/C12H17BrN2/c1-10-4-3-8-15(9-6-10)12-11(13)5-2-7-14-12/h2,5,7,10H,3-4,6,8-9H2,1H3. The van der Waals surface area contributed by atoms with Gasteiger partial charge in [-0.25, -0.2) is 4.98 Å². The van der Waals surface area contributed by atoms with Crippen LogP contribution in [0, 0.1) is 5.92 Å². The Morgan fingerprint density at radius 2 is 2.27 bits per heavy atom. The first kappa shape index (κ1) is 10.9. The largest absolute Gasteiger partial charge is 0.356 e. The van der Waals surface area contributed by atoms with Gasteiger partial charge < -0.3 is 4.90 Å². The minimum absolute atomic E-state index is 0.859. The Balaban J connectivity index is 2.13. The molecule has 2 nitrogen and oxygen atoms in total. The number of nitrogens with zero attached hydrogens (tertiary/aromatic N) is 2. The zero-order chi connectivity index (χ0) is 10.7. The number of hydrogen-bond acceptors (Lipinski definition) is 2. The highest BCUT2D eigenvalue weighted by molar-refractivity contribution is 9.10. The van der Waals surface area contributed by atoms with Crippen molar-refractivity contribution in [3.05, 3.63) is 22.8 Å². The fourth-order valence-corrected chi connectivity index (χ4v) is 2.59. The summed E-state index contributed by atoms with van der Waals surface area (Å²) in [7, 11) is 0. The Hall–Kier alpha value is -0.570. The van der Waals surface area contributed by atoms with Gasteiger partial charge >= 0.3 is 0 Å². The van der Waals surface area contributed by atoms with E-state index in [4.69, 9.17) is 0 Å². The molecular formula is C12H17BrN2. The van der Waals surface area contributed by atoms with Crippen LogP contribution in [0.25, 0.3) is 0 Å². The maximum atomic E-state index is 4.45. The molecule has 2 rings (SSSR count). The molecular weight excluding hydrogens is 252 g/mol. The van der Waals surface area contributed by atoms with E-state index < -0.39 is 0 Å². The van der Waals surface area contributed by atoms with Gasteiger partial charge in [-0.2, -0.15) is 0 Å². The number of halogens is 1. The van der Waals surface area contributed by atoms with Crippen molar-refractivity contribution in [3.8, 4) is 0 Å². The summed E-state index contributed by atoms with van der Waals surface area (Å²) in [5.74, 6) is 1.96. The van der Waals surface area contributed by atoms with Crippen LogP contribution in [0.1, 0.15) is 26.2 Å². The molecule has 0 amide bonds. The van der Waals surface area contributed by atoms with Crippen LogP contribution >= 0.6 is 15.9 Å². The molecule has 3 heteroatoms. The number of pyridine rings is 1. The topological polar surface area (TPSA) is 16.1 Å². The van der Waals surface area contributed by atoms with Gasteiger partial charge in [0.25, 0.3) is 0 Å². The van der Waals surface area contributed by atoms with Crippen molar-refractivity contribution in [2.75, 3.05) is 18.0 Å². The predicted molar refractivity (Wildman–Crippen MR) is 67.2 cm³/mol. The normalized spacial score (nSPS) is 22.5. The molecule has 0 aliphatic carbocycles. The second kappa shape index (κ2) is 4.97. The van der Waals surface area contributed by atoms with Crippen molar-refractivity contribution in [3.63, 3.8) is 0 Å². The van der Waals surface area contributed by atoms with E-state index in [0.29, 0.717) is 0 Å². The van der Waals surface area contributed by atoms with E-state index >= 15 is 0 Å². The fourth-order valence-electron chi connectivity index (χ4n) is 2.08. The average molecular weight is 269 g/mol. The lowest BCUT2D eigenvalue weighted by atomic mass is 10.0. The summed E-state index contributed by atoms with van der Waals surface area (Å²) in [5, 5.41) is 0. The molecule has 1 unspecified atom stereocenters. The van der Waals surface area contributed by atoms with Crippen molar-refractivity contribution in [1.82, 2.24) is 4.98 Å². The van der Waals surface area contributed by atoms with Crippen LogP contribution in [0.5, 0.6) is 0 Å². The first-order valence-corrected chi connectivity index (χ1v) is 6.42. The Kier molecular flexibility index (Phi) is 3.62. The monoisotopic (exact) mass is 268 g/mol. The lowest BCUT2D eigenvalue weighted by Gasteiger charge is -2.22. The van der Waals surface area contributed by atoms with Gasteiger partial charge in [0.1, 0.15) is 5.82 Å². The van der Waals surface area contributed by atoms with Gasteiger partial charge in [0.15, 0.2) is 0 Å². The number of rotatable bonds is 1. The minimum Gasteiger partial charge on any atom is -0.356 e. The van der Waals surface area contributed by atoms with Gasteiger partial charge in [0.05, 0.1) is 4.47 Å². The second-order valence-corrected chi connectivity index (χ2v) is 5.19. The maximum Gasteiger partial charge on any atom is 0.142 e. The molecule has 1 saturated heterocycles. The molecule has 1 aliphatic rings. The third-order valence-electron chi connectivity index (χ3n) is 3.06. The van der Waals surface area contributed by atoms with Crippen molar-refractivity contribution < 1.29 is 0 Å². The Morgan fingerprint density at radius 1 is 1.40 bits per heavy atom. The Morgan fingerprint density at radius 3 is 3.07 bits per heavy atom. The van der Waals surface area contributed by atoms with E-state index in [0.717, 1.165) is 29.3 Å². The van der Waals surface area contributed by atoms with E-state index in [2.05, 4.69) is 38.8 Å². The quantitative estimate of drug-likeness (QED) is 0.776. The molecule has 15 heavy (non-hydrogen) atoms. The van der Waals surface area contributed by atoms with Crippen LogP contribution in [0.15, 0.2) is 22.8 Å². The van der Waals surface area contributed by atoms with Crippen molar-refractivity contribution in [1.29, 1.82) is 0 Å². The molecule has 1 atom stereocenters. The zero-order valence-corrected chi connectivity index (χ0v) is 10.7. The van der Waals surface area contributed by atoms with Crippen LogP contribution < -0.4 is 4.90 Å². The van der Waals surface area contributed by atoms with Gasteiger partial charge in [0, 0.05) is 19.3 Å².